The zero-order chi connectivity index (χ0) is 19.3. The van der Waals surface area contributed by atoms with Gasteiger partial charge < -0.3 is 19.3 Å². The van der Waals surface area contributed by atoms with E-state index in [9.17, 15) is 4.79 Å². The summed E-state index contributed by atoms with van der Waals surface area (Å²) in [6, 6.07) is 5.62. The Balaban J connectivity index is 2.32. The summed E-state index contributed by atoms with van der Waals surface area (Å²) >= 11 is 0. The van der Waals surface area contributed by atoms with Crippen molar-refractivity contribution >= 4 is 5.91 Å². The van der Waals surface area contributed by atoms with Crippen LogP contribution in [0.15, 0.2) is 22.7 Å². The summed E-state index contributed by atoms with van der Waals surface area (Å²) in [5, 5.41) is 6.96. The first-order valence-corrected chi connectivity index (χ1v) is 9.02. The van der Waals surface area contributed by atoms with Crippen LogP contribution in [-0.4, -0.2) is 24.3 Å². The summed E-state index contributed by atoms with van der Waals surface area (Å²) in [6.45, 7) is 12.6. The second kappa shape index (κ2) is 8.74. The fourth-order valence-corrected chi connectivity index (χ4v) is 2.92. The maximum absolute atomic E-state index is 12.7. The molecule has 2 rings (SSSR count). The Morgan fingerprint density at radius 2 is 1.81 bits per heavy atom. The molecule has 1 atom stereocenters. The third-order valence-electron chi connectivity index (χ3n) is 4.14. The van der Waals surface area contributed by atoms with E-state index < -0.39 is 0 Å². The molecule has 1 N–H and O–H groups in total. The first-order chi connectivity index (χ1) is 12.4. The van der Waals surface area contributed by atoms with E-state index in [-0.39, 0.29) is 17.9 Å². The van der Waals surface area contributed by atoms with Crippen LogP contribution in [0.3, 0.4) is 0 Å². The van der Waals surface area contributed by atoms with Crippen molar-refractivity contribution in [2.75, 3.05) is 13.2 Å². The summed E-state index contributed by atoms with van der Waals surface area (Å²) in [5.41, 5.74) is 2.04. The minimum atomic E-state index is -0.188. The largest absolute Gasteiger partial charge is 0.490 e. The van der Waals surface area contributed by atoms with Gasteiger partial charge in [0.15, 0.2) is 11.5 Å². The predicted molar refractivity (Wildman–Crippen MR) is 99.8 cm³/mol. The van der Waals surface area contributed by atoms with Gasteiger partial charge in [0.1, 0.15) is 11.3 Å². The van der Waals surface area contributed by atoms with Crippen molar-refractivity contribution in [2.24, 2.45) is 5.92 Å². The Bertz CT molecular complexity index is 733. The molecule has 1 unspecified atom stereocenters. The van der Waals surface area contributed by atoms with Gasteiger partial charge in [-0.05, 0) is 51.3 Å². The molecule has 0 saturated heterocycles. The quantitative estimate of drug-likeness (QED) is 0.763. The third kappa shape index (κ3) is 4.36. The van der Waals surface area contributed by atoms with Gasteiger partial charge in [0.2, 0.25) is 0 Å². The molecule has 6 heteroatoms. The maximum atomic E-state index is 12.7. The topological polar surface area (TPSA) is 73.6 Å². The van der Waals surface area contributed by atoms with Crippen LogP contribution in [-0.2, 0) is 0 Å². The fraction of sp³-hybridized carbons (Fsp3) is 0.500. The van der Waals surface area contributed by atoms with Crippen molar-refractivity contribution in [1.82, 2.24) is 10.5 Å². The fourth-order valence-electron chi connectivity index (χ4n) is 2.92. The standard InChI is InChI=1S/C20H28N2O4/c1-7-24-16-10-9-15(11-17(16)25-8-2)19(12(3)4)21-20(23)18-13(5)22-26-14(18)6/h9-12,19H,7-8H2,1-6H3,(H,21,23). The molecule has 0 aliphatic rings. The zero-order valence-corrected chi connectivity index (χ0v) is 16.4. The van der Waals surface area contributed by atoms with Crippen LogP contribution in [0.25, 0.3) is 0 Å². The number of rotatable bonds is 8. The Kier molecular flexibility index (Phi) is 6.66. The number of hydrogen-bond donors (Lipinski definition) is 1. The molecular weight excluding hydrogens is 332 g/mol. The second-order valence-electron chi connectivity index (χ2n) is 6.47. The number of carbonyl (C=O) groups excluding carboxylic acids is 1. The Hall–Kier alpha value is -2.50. The minimum Gasteiger partial charge on any atom is -0.490 e. The molecule has 1 aromatic heterocycles. The lowest BCUT2D eigenvalue weighted by molar-refractivity contribution is 0.0923. The highest BCUT2D eigenvalue weighted by Gasteiger charge is 2.24. The number of nitrogens with zero attached hydrogens (tertiary/aromatic N) is 1. The second-order valence-corrected chi connectivity index (χ2v) is 6.47. The summed E-state index contributed by atoms with van der Waals surface area (Å²) in [7, 11) is 0. The molecule has 0 aliphatic heterocycles. The molecule has 1 amide bonds. The smallest absolute Gasteiger partial charge is 0.257 e. The van der Waals surface area contributed by atoms with Gasteiger partial charge in [-0.25, -0.2) is 0 Å². The molecule has 0 spiro atoms. The summed E-state index contributed by atoms with van der Waals surface area (Å²) in [4.78, 5) is 12.7. The molecule has 142 valence electrons. The predicted octanol–water partition coefficient (Wildman–Crippen LogP) is 4.22. The third-order valence-corrected chi connectivity index (χ3v) is 4.14. The van der Waals surface area contributed by atoms with Crippen LogP contribution in [0.2, 0.25) is 0 Å². The number of carbonyl (C=O) groups is 1. The Labute approximate surface area is 154 Å². The van der Waals surface area contributed by atoms with E-state index in [1.165, 1.54) is 0 Å². The van der Waals surface area contributed by atoms with E-state index >= 15 is 0 Å². The number of benzene rings is 1. The van der Waals surface area contributed by atoms with Crippen molar-refractivity contribution < 1.29 is 18.8 Å². The van der Waals surface area contributed by atoms with Gasteiger partial charge in [-0.3, -0.25) is 4.79 Å². The van der Waals surface area contributed by atoms with Crippen molar-refractivity contribution in [2.45, 2.75) is 47.6 Å². The van der Waals surface area contributed by atoms with Crippen molar-refractivity contribution in [3.8, 4) is 11.5 Å². The molecule has 26 heavy (non-hydrogen) atoms. The Morgan fingerprint density at radius 1 is 1.15 bits per heavy atom. The van der Waals surface area contributed by atoms with Crippen LogP contribution < -0.4 is 14.8 Å². The maximum Gasteiger partial charge on any atom is 0.257 e. The van der Waals surface area contributed by atoms with Crippen molar-refractivity contribution in [3.63, 3.8) is 0 Å². The number of amides is 1. The molecule has 0 radical (unpaired) electrons. The average molecular weight is 360 g/mol. The van der Waals surface area contributed by atoms with Gasteiger partial charge in [-0.2, -0.15) is 0 Å². The highest BCUT2D eigenvalue weighted by Crippen LogP contribution is 2.33. The number of aryl methyl sites for hydroxylation is 2. The molecule has 1 aromatic carbocycles. The van der Waals surface area contributed by atoms with Gasteiger partial charge in [0, 0.05) is 0 Å². The molecule has 0 bridgehead atoms. The lowest BCUT2D eigenvalue weighted by Crippen LogP contribution is -2.32. The lowest BCUT2D eigenvalue weighted by atomic mass is 9.95. The van der Waals surface area contributed by atoms with E-state index in [1.54, 1.807) is 13.8 Å². The van der Waals surface area contributed by atoms with Crippen LogP contribution in [0.5, 0.6) is 11.5 Å². The van der Waals surface area contributed by atoms with Crippen LogP contribution >= 0.6 is 0 Å². The van der Waals surface area contributed by atoms with E-state index in [0.29, 0.717) is 41.7 Å². The van der Waals surface area contributed by atoms with Crippen LogP contribution in [0.1, 0.15) is 61.1 Å². The summed E-state index contributed by atoms with van der Waals surface area (Å²) < 4.78 is 16.4. The van der Waals surface area contributed by atoms with Crippen LogP contribution in [0.4, 0.5) is 0 Å². The zero-order valence-electron chi connectivity index (χ0n) is 16.4. The van der Waals surface area contributed by atoms with Crippen molar-refractivity contribution in [1.29, 1.82) is 0 Å². The molecule has 1 heterocycles. The molecule has 0 aliphatic carbocycles. The van der Waals surface area contributed by atoms with Gasteiger partial charge in [0.25, 0.3) is 5.91 Å². The normalized spacial score (nSPS) is 12.1. The highest BCUT2D eigenvalue weighted by atomic mass is 16.5. The van der Waals surface area contributed by atoms with Gasteiger partial charge in [0.05, 0.1) is 24.9 Å². The van der Waals surface area contributed by atoms with E-state index in [4.69, 9.17) is 14.0 Å². The van der Waals surface area contributed by atoms with Crippen LogP contribution in [0, 0.1) is 19.8 Å². The van der Waals surface area contributed by atoms with E-state index in [0.717, 1.165) is 5.56 Å². The van der Waals surface area contributed by atoms with Gasteiger partial charge in [-0.15, -0.1) is 0 Å². The molecule has 2 aromatic rings. The highest BCUT2D eigenvalue weighted by molar-refractivity contribution is 5.96. The first kappa shape index (κ1) is 19.8. The molecule has 0 saturated carbocycles. The number of aromatic nitrogens is 1. The van der Waals surface area contributed by atoms with Gasteiger partial charge in [-0.1, -0.05) is 25.1 Å². The lowest BCUT2D eigenvalue weighted by Gasteiger charge is -2.24. The Morgan fingerprint density at radius 3 is 2.35 bits per heavy atom. The monoisotopic (exact) mass is 360 g/mol. The molecular formula is C20H28N2O4. The van der Waals surface area contributed by atoms with Crippen molar-refractivity contribution in [3.05, 3.63) is 40.8 Å². The number of ether oxygens (including phenoxy) is 2. The van der Waals surface area contributed by atoms with E-state index in [1.807, 2.05) is 32.0 Å². The molecule has 0 fully saturated rings. The van der Waals surface area contributed by atoms with E-state index in [2.05, 4.69) is 24.3 Å². The molecule has 6 nitrogen and oxygen atoms in total. The minimum absolute atomic E-state index is 0.175. The summed E-state index contributed by atoms with van der Waals surface area (Å²) in [6.07, 6.45) is 0. The average Bonchev–Trinajstić information content (AvgIpc) is 2.93. The summed E-state index contributed by atoms with van der Waals surface area (Å²) in [5.74, 6) is 1.91. The SMILES string of the molecule is CCOc1ccc(C(NC(=O)c2c(C)noc2C)C(C)C)cc1OCC. The number of nitrogens with one attached hydrogen (secondary N) is 1. The first-order valence-electron chi connectivity index (χ1n) is 9.02. The van der Waals surface area contributed by atoms with Gasteiger partial charge >= 0.3 is 0 Å². The number of hydrogen-bond acceptors (Lipinski definition) is 5.